The molecule has 3 rings (SSSR count). The van der Waals surface area contributed by atoms with E-state index in [9.17, 15) is 0 Å². The summed E-state index contributed by atoms with van der Waals surface area (Å²) in [7, 11) is 0. The SMILES string of the molecule is CC(CN)CCc1nc(-c2ccc3nccnc3c2)no1. The van der Waals surface area contributed by atoms with Crippen molar-refractivity contribution in [3.8, 4) is 11.4 Å². The highest BCUT2D eigenvalue weighted by Gasteiger charge is 2.10. The Morgan fingerprint density at radius 2 is 2.00 bits per heavy atom. The van der Waals surface area contributed by atoms with Crippen LogP contribution in [-0.4, -0.2) is 26.7 Å². The summed E-state index contributed by atoms with van der Waals surface area (Å²) in [5.74, 6) is 1.68. The molecule has 0 saturated carbocycles. The lowest BCUT2D eigenvalue weighted by Crippen LogP contribution is -2.11. The number of rotatable bonds is 5. The van der Waals surface area contributed by atoms with Crippen molar-refractivity contribution >= 4 is 11.0 Å². The number of nitrogens with two attached hydrogens (primary N) is 1. The number of aryl methyl sites for hydroxylation is 1. The molecule has 0 fully saturated rings. The fourth-order valence-corrected chi connectivity index (χ4v) is 2.06. The van der Waals surface area contributed by atoms with Gasteiger partial charge in [-0.15, -0.1) is 0 Å². The molecule has 0 radical (unpaired) electrons. The van der Waals surface area contributed by atoms with Crippen molar-refractivity contribution in [2.45, 2.75) is 19.8 Å². The van der Waals surface area contributed by atoms with Crippen LogP contribution in [0.25, 0.3) is 22.4 Å². The molecule has 2 heterocycles. The second-order valence-corrected chi connectivity index (χ2v) is 5.15. The molecule has 0 aliphatic rings. The van der Waals surface area contributed by atoms with E-state index in [1.165, 1.54) is 0 Å². The Labute approximate surface area is 122 Å². The molecule has 0 saturated heterocycles. The van der Waals surface area contributed by atoms with Gasteiger partial charge in [-0.1, -0.05) is 12.1 Å². The van der Waals surface area contributed by atoms with Gasteiger partial charge in [-0.25, -0.2) is 0 Å². The Hall–Kier alpha value is -2.34. The molecule has 6 heteroatoms. The Balaban J connectivity index is 1.81. The van der Waals surface area contributed by atoms with Gasteiger partial charge in [-0.3, -0.25) is 9.97 Å². The molecule has 2 aromatic heterocycles. The van der Waals surface area contributed by atoms with Crippen molar-refractivity contribution in [2.75, 3.05) is 6.54 Å². The lowest BCUT2D eigenvalue weighted by molar-refractivity contribution is 0.366. The maximum Gasteiger partial charge on any atom is 0.226 e. The number of aromatic nitrogens is 4. The fourth-order valence-electron chi connectivity index (χ4n) is 2.06. The zero-order valence-corrected chi connectivity index (χ0v) is 11.9. The zero-order valence-electron chi connectivity index (χ0n) is 11.9. The van der Waals surface area contributed by atoms with Crippen molar-refractivity contribution in [1.29, 1.82) is 0 Å². The molecule has 1 unspecified atom stereocenters. The molecule has 0 amide bonds. The van der Waals surface area contributed by atoms with Gasteiger partial charge in [0.05, 0.1) is 11.0 Å². The van der Waals surface area contributed by atoms with E-state index in [0.717, 1.165) is 29.4 Å². The third-order valence-electron chi connectivity index (χ3n) is 3.45. The van der Waals surface area contributed by atoms with Crippen molar-refractivity contribution in [2.24, 2.45) is 11.7 Å². The molecule has 1 atom stereocenters. The summed E-state index contributed by atoms with van der Waals surface area (Å²) in [6, 6.07) is 5.75. The summed E-state index contributed by atoms with van der Waals surface area (Å²) >= 11 is 0. The van der Waals surface area contributed by atoms with Crippen LogP contribution in [0.5, 0.6) is 0 Å². The number of hydrogen-bond donors (Lipinski definition) is 1. The van der Waals surface area contributed by atoms with E-state index in [2.05, 4.69) is 27.0 Å². The minimum absolute atomic E-state index is 0.455. The van der Waals surface area contributed by atoms with Crippen molar-refractivity contribution in [1.82, 2.24) is 20.1 Å². The monoisotopic (exact) mass is 283 g/mol. The van der Waals surface area contributed by atoms with Crippen LogP contribution in [-0.2, 0) is 6.42 Å². The number of hydrogen-bond acceptors (Lipinski definition) is 6. The van der Waals surface area contributed by atoms with Gasteiger partial charge in [0.2, 0.25) is 11.7 Å². The third kappa shape index (κ3) is 3.05. The minimum Gasteiger partial charge on any atom is -0.339 e. The van der Waals surface area contributed by atoms with E-state index < -0.39 is 0 Å². The molecule has 0 aliphatic carbocycles. The highest BCUT2D eigenvalue weighted by atomic mass is 16.5. The van der Waals surface area contributed by atoms with Crippen molar-refractivity contribution in [3.05, 3.63) is 36.5 Å². The van der Waals surface area contributed by atoms with E-state index >= 15 is 0 Å². The van der Waals surface area contributed by atoms with Gasteiger partial charge >= 0.3 is 0 Å². The molecule has 0 bridgehead atoms. The summed E-state index contributed by atoms with van der Waals surface area (Å²) in [6.45, 7) is 2.78. The molecule has 108 valence electrons. The Kier molecular flexibility index (Phi) is 3.87. The number of fused-ring (bicyclic) bond motifs is 1. The first-order chi connectivity index (χ1) is 10.3. The maximum absolute atomic E-state index is 5.61. The lowest BCUT2D eigenvalue weighted by Gasteiger charge is -2.03. The first-order valence-corrected chi connectivity index (χ1v) is 7.00. The van der Waals surface area contributed by atoms with Crippen LogP contribution in [0.1, 0.15) is 19.2 Å². The second-order valence-electron chi connectivity index (χ2n) is 5.15. The quantitative estimate of drug-likeness (QED) is 0.772. The number of nitrogens with zero attached hydrogens (tertiary/aromatic N) is 4. The molecule has 2 N–H and O–H groups in total. The summed E-state index contributed by atoms with van der Waals surface area (Å²) in [6.07, 6.45) is 5.04. The van der Waals surface area contributed by atoms with Crippen LogP contribution in [0.2, 0.25) is 0 Å². The van der Waals surface area contributed by atoms with Gasteiger partial charge in [0.15, 0.2) is 0 Å². The van der Waals surface area contributed by atoms with E-state index in [-0.39, 0.29) is 0 Å². The Morgan fingerprint density at radius 1 is 1.19 bits per heavy atom. The smallest absolute Gasteiger partial charge is 0.226 e. The van der Waals surface area contributed by atoms with Gasteiger partial charge < -0.3 is 10.3 Å². The molecule has 0 spiro atoms. The average Bonchev–Trinajstić information content (AvgIpc) is 3.01. The van der Waals surface area contributed by atoms with Gasteiger partial charge in [0.25, 0.3) is 0 Å². The molecule has 1 aromatic carbocycles. The predicted octanol–water partition coefficient (Wildman–Crippen LogP) is 2.21. The van der Waals surface area contributed by atoms with E-state index in [4.69, 9.17) is 10.3 Å². The van der Waals surface area contributed by atoms with Crippen molar-refractivity contribution < 1.29 is 4.52 Å². The Bertz CT molecular complexity index is 740. The van der Waals surface area contributed by atoms with Crippen LogP contribution in [0, 0.1) is 5.92 Å². The van der Waals surface area contributed by atoms with Gasteiger partial charge in [0, 0.05) is 24.4 Å². The highest BCUT2D eigenvalue weighted by Crippen LogP contribution is 2.20. The summed E-state index contributed by atoms with van der Waals surface area (Å²) in [5.41, 5.74) is 8.15. The summed E-state index contributed by atoms with van der Waals surface area (Å²) in [5, 5.41) is 4.03. The zero-order chi connectivity index (χ0) is 14.7. The first kappa shape index (κ1) is 13.6. The molecule has 21 heavy (non-hydrogen) atoms. The molecule has 0 aliphatic heterocycles. The van der Waals surface area contributed by atoms with Crippen LogP contribution in [0.3, 0.4) is 0 Å². The van der Waals surface area contributed by atoms with Crippen molar-refractivity contribution in [3.63, 3.8) is 0 Å². The number of benzene rings is 1. The molecular weight excluding hydrogens is 266 g/mol. The summed E-state index contributed by atoms with van der Waals surface area (Å²) in [4.78, 5) is 12.9. The summed E-state index contributed by atoms with van der Waals surface area (Å²) < 4.78 is 5.29. The molecular formula is C15H17N5O. The van der Waals surface area contributed by atoms with Crippen LogP contribution < -0.4 is 5.73 Å². The van der Waals surface area contributed by atoms with Crippen LogP contribution >= 0.6 is 0 Å². The largest absolute Gasteiger partial charge is 0.339 e. The third-order valence-corrected chi connectivity index (χ3v) is 3.45. The van der Waals surface area contributed by atoms with E-state index in [0.29, 0.717) is 24.2 Å². The van der Waals surface area contributed by atoms with Gasteiger partial charge in [0.1, 0.15) is 0 Å². The lowest BCUT2D eigenvalue weighted by atomic mass is 10.1. The Morgan fingerprint density at radius 3 is 2.81 bits per heavy atom. The van der Waals surface area contributed by atoms with E-state index in [1.54, 1.807) is 12.4 Å². The second kappa shape index (κ2) is 5.97. The first-order valence-electron chi connectivity index (χ1n) is 7.00. The van der Waals surface area contributed by atoms with Crippen LogP contribution in [0.15, 0.2) is 35.1 Å². The van der Waals surface area contributed by atoms with E-state index in [1.807, 2.05) is 18.2 Å². The topological polar surface area (TPSA) is 90.7 Å². The average molecular weight is 283 g/mol. The normalized spacial score (nSPS) is 12.7. The molecule has 6 nitrogen and oxygen atoms in total. The van der Waals surface area contributed by atoms with Gasteiger partial charge in [-0.05, 0) is 37.1 Å². The predicted molar refractivity (Wildman–Crippen MR) is 79.4 cm³/mol. The molecule has 3 aromatic rings. The van der Waals surface area contributed by atoms with Gasteiger partial charge in [-0.2, -0.15) is 4.98 Å². The standard InChI is InChI=1S/C15H17N5O/c1-10(9-16)2-5-14-19-15(20-21-14)11-3-4-12-13(8-11)18-7-6-17-12/h3-4,6-8,10H,2,5,9,16H2,1H3. The van der Waals surface area contributed by atoms with Crippen LogP contribution in [0.4, 0.5) is 0 Å². The minimum atomic E-state index is 0.455. The highest BCUT2D eigenvalue weighted by molar-refractivity contribution is 5.79. The maximum atomic E-state index is 5.61. The fraction of sp³-hybridized carbons (Fsp3) is 0.333.